The standard InChI is InChI=1S/C8H7ClNO/c1-6(11)10-8-4-2-7(9)3-5-8/h2-4H,1H3,(H,10,11). The number of halogens is 1. The van der Waals surface area contributed by atoms with Gasteiger partial charge in [0, 0.05) is 23.7 Å². The Balaban J connectivity index is 2.74. The van der Waals surface area contributed by atoms with Crippen LogP contribution >= 0.6 is 11.6 Å². The second-order valence-electron chi connectivity index (χ2n) is 2.10. The summed E-state index contributed by atoms with van der Waals surface area (Å²) in [6.07, 6.45) is 0. The Bertz CT molecular complexity index is 255. The molecule has 0 saturated heterocycles. The third kappa shape index (κ3) is 2.60. The first-order valence-corrected chi connectivity index (χ1v) is 3.51. The maximum atomic E-state index is 10.5. The zero-order valence-electron chi connectivity index (χ0n) is 6.02. The molecule has 1 N–H and O–H groups in total. The SMILES string of the molecule is CC(=O)Nc1[c]cc(Cl)cc1. The van der Waals surface area contributed by atoms with Crippen molar-refractivity contribution >= 4 is 23.2 Å². The summed E-state index contributed by atoms with van der Waals surface area (Å²) in [7, 11) is 0. The number of carbonyl (C=O) groups excluding carboxylic acids is 1. The van der Waals surface area contributed by atoms with E-state index in [1.807, 2.05) is 0 Å². The zero-order chi connectivity index (χ0) is 8.27. The normalized spacial score (nSPS) is 9.27. The number of hydrogen-bond donors (Lipinski definition) is 1. The van der Waals surface area contributed by atoms with Crippen LogP contribution in [0.2, 0.25) is 5.02 Å². The first kappa shape index (κ1) is 8.08. The lowest BCUT2D eigenvalue weighted by atomic mass is 10.3. The first-order chi connectivity index (χ1) is 5.18. The lowest BCUT2D eigenvalue weighted by Crippen LogP contribution is -2.05. The van der Waals surface area contributed by atoms with Gasteiger partial charge in [-0.1, -0.05) is 11.6 Å². The Hall–Kier alpha value is -1.02. The lowest BCUT2D eigenvalue weighted by Gasteiger charge is -1.99. The molecular formula is C8H7ClNO. The van der Waals surface area contributed by atoms with Gasteiger partial charge in [0.15, 0.2) is 0 Å². The predicted molar refractivity (Wildman–Crippen MR) is 44.6 cm³/mol. The maximum Gasteiger partial charge on any atom is 0.221 e. The number of anilines is 1. The Morgan fingerprint density at radius 2 is 2.36 bits per heavy atom. The number of amides is 1. The topological polar surface area (TPSA) is 29.1 Å². The largest absolute Gasteiger partial charge is 0.326 e. The van der Waals surface area contributed by atoms with Crippen LogP contribution in [0.3, 0.4) is 0 Å². The lowest BCUT2D eigenvalue weighted by molar-refractivity contribution is -0.114. The van der Waals surface area contributed by atoms with E-state index in [1.54, 1.807) is 18.2 Å². The zero-order valence-corrected chi connectivity index (χ0v) is 6.77. The molecule has 0 atom stereocenters. The second kappa shape index (κ2) is 3.39. The number of rotatable bonds is 1. The summed E-state index contributed by atoms with van der Waals surface area (Å²) in [5.74, 6) is -0.108. The monoisotopic (exact) mass is 168 g/mol. The number of benzene rings is 1. The van der Waals surface area contributed by atoms with E-state index in [9.17, 15) is 4.79 Å². The second-order valence-corrected chi connectivity index (χ2v) is 2.54. The first-order valence-electron chi connectivity index (χ1n) is 3.13. The van der Waals surface area contributed by atoms with E-state index in [-0.39, 0.29) is 5.91 Å². The molecule has 0 spiro atoms. The van der Waals surface area contributed by atoms with E-state index in [1.165, 1.54) is 6.92 Å². The van der Waals surface area contributed by atoms with Crippen LogP contribution in [0.15, 0.2) is 18.2 Å². The number of carbonyl (C=O) groups is 1. The molecule has 57 valence electrons. The molecule has 2 nitrogen and oxygen atoms in total. The summed E-state index contributed by atoms with van der Waals surface area (Å²) >= 11 is 5.60. The van der Waals surface area contributed by atoms with Gasteiger partial charge in [-0.25, -0.2) is 0 Å². The number of nitrogens with one attached hydrogen (secondary N) is 1. The third-order valence-electron chi connectivity index (χ3n) is 1.09. The summed E-state index contributed by atoms with van der Waals surface area (Å²) in [5, 5.41) is 3.19. The molecule has 0 saturated carbocycles. The fourth-order valence-corrected chi connectivity index (χ4v) is 0.791. The molecule has 0 bridgehead atoms. The van der Waals surface area contributed by atoms with Crippen LogP contribution in [0.1, 0.15) is 6.92 Å². The van der Waals surface area contributed by atoms with Crippen LogP contribution in [-0.2, 0) is 4.79 Å². The molecule has 1 aromatic carbocycles. The highest BCUT2D eigenvalue weighted by Crippen LogP contribution is 2.11. The van der Waals surface area contributed by atoms with Crippen LogP contribution in [0, 0.1) is 6.07 Å². The molecule has 11 heavy (non-hydrogen) atoms. The molecule has 1 radical (unpaired) electrons. The fraction of sp³-hybridized carbons (Fsp3) is 0.125. The smallest absolute Gasteiger partial charge is 0.221 e. The van der Waals surface area contributed by atoms with Crippen molar-refractivity contribution in [1.29, 1.82) is 0 Å². The highest BCUT2D eigenvalue weighted by molar-refractivity contribution is 6.30. The van der Waals surface area contributed by atoms with E-state index in [0.717, 1.165) is 0 Å². The van der Waals surface area contributed by atoms with Gasteiger partial charge < -0.3 is 5.32 Å². The molecule has 0 aromatic heterocycles. The molecule has 1 aromatic rings. The van der Waals surface area contributed by atoms with Crippen molar-refractivity contribution in [3.8, 4) is 0 Å². The summed E-state index contributed by atoms with van der Waals surface area (Å²) in [6.45, 7) is 1.45. The molecule has 1 amide bonds. The average Bonchev–Trinajstić information content (AvgIpc) is 1.93. The Morgan fingerprint density at radius 1 is 1.64 bits per heavy atom. The minimum atomic E-state index is -0.108. The molecular weight excluding hydrogens is 162 g/mol. The van der Waals surface area contributed by atoms with Gasteiger partial charge in [-0.05, 0) is 18.2 Å². The Kier molecular flexibility index (Phi) is 2.49. The van der Waals surface area contributed by atoms with Gasteiger partial charge in [-0.3, -0.25) is 4.79 Å². The highest BCUT2D eigenvalue weighted by Gasteiger charge is 1.93. The van der Waals surface area contributed by atoms with E-state index in [4.69, 9.17) is 11.6 Å². The van der Waals surface area contributed by atoms with Crippen molar-refractivity contribution in [1.82, 2.24) is 0 Å². The molecule has 0 unspecified atom stereocenters. The van der Waals surface area contributed by atoms with E-state index >= 15 is 0 Å². The van der Waals surface area contributed by atoms with Crippen molar-refractivity contribution in [2.75, 3.05) is 5.32 Å². The van der Waals surface area contributed by atoms with Crippen molar-refractivity contribution in [2.45, 2.75) is 6.92 Å². The summed E-state index contributed by atoms with van der Waals surface area (Å²) in [5.41, 5.74) is 0.641. The van der Waals surface area contributed by atoms with Crippen LogP contribution in [0.5, 0.6) is 0 Å². The quantitative estimate of drug-likeness (QED) is 0.684. The third-order valence-corrected chi connectivity index (χ3v) is 1.32. The predicted octanol–water partition coefficient (Wildman–Crippen LogP) is 2.10. The van der Waals surface area contributed by atoms with E-state index in [2.05, 4.69) is 11.4 Å². The molecule has 3 heteroatoms. The maximum absolute atomic E-state index is 10.5. The van der Waals surface area contributed by atoms with Crippen LogP contribution < -0.4 is 5.32 Å². The van der Waals surface area contributed by atoms with Gasteiger partial charge in [-0.15, -0.1) is 0 Å². The van der Waals surface area contributed by atoms with Crippen LogP contribution in [0.25, 0.3) is 0 Å². The Labute approximate surface area is 70.2 Å². The van der Waals surface area contributed by atoms with Crippen molar-refractivity contribution in [3.63, 3.8) is 0 Å². The van der Waals surface area contributed by atoms with Crippen molar-refractivity contribution in [3.05, 3.63) is 29.3 Å². The summed E-state index contributed by atoms with van der Waals surface area (Å²) < 4.78 is 0. The van der Waals surface area contributed by atoms with Crippen molar-refractivity contribution in [2.24, 2.45) is 0 Å². The van der Waals surface area contributed by atoms with Crippen molar-refractivity contribution < 1.29 is 4.79 Å². The van der Waals surface area contributed by atoms with E-state index < -0.39 is 0 Å². The average molecular weight is 169 g/mol. The van der Waals surface area contributed by atoms with Gasteiger partial charge in [0.2, 0.25) is 5.91 Å². The summed E-state index contributed by atoms with van der Waals surface area (Å²) in [4.78, 5) is 10.5. The summed E-state index contributed by atoms with van der Waals surface area (Å²) in [6, 6.07) is 7.80. The molecule has 0 aliphatic carbocycles. The van der Waals surface area contributed by atoms with Crippen LogP contribution in [0.4, 0.5) is 5.69 Å². The van der Waals surface area contributed by atoms with Gasteiger partial charge in [-0.2, -0.15) is 0 Å². The molecule has 0 fully saturated rings. The number of hydrogen-bond acceptors (Lipinski definition) is 1. The van der Waals surface area contributed by atoms with Gasteiger partial charge in [0.05, 0.1) is 0 Å². The van der Waals surface area contributed by atoms with Crippen LogP contribution in [-0.4, -0.2) is 5.91 Å². The molecule has 0 heterocycles. The highest BCUT2D eigenvalue weighted by atomic mass is 35.5. The van der Waals surface area contributed by atoms with Gasteiger partial charge in [0.25, 0.3) is 0 Å². The fourth-order valence-electron chi connectivity index (χ4n) is 0.673. The van der Waals surface area contributed by atoms with E-state index in [0.29, 0.717) is 10.7 Å². The minimum Gasteiger partial charge on any atom is -0.326 e. The Morgan fingerprint density at radius 3 is 2.82 bits per heavy atom. The molecule has 0 aliphatic rings. The van der Waals surface area contributed by atoms with Gasteiger partial charge in [0.1, 0.15) is 0 Å². The minimum absolute atomic E-state index is 0.108. The molecule has 1 rings (SSSR count). The molecule has 0 aliphatic heterocycles. The van der Waals surface area contributed by atoms with Gasteiger partial charge >= 0.3 is 0 Å².